The smallest absolute Gasteiger partial charge is 0.264 e. The van der Waals surface area contributed by atoms with Gasteiger partial charge in [-0.15, -0.1) is 11.6 Å². The van der Waals surface area contributed by atoms with E-state index >= 15 is 0 Å². The first-order valence-electron chi connectivity index (χ1n) is 5.94. The fourth-order valence-corrected chi connectivity index (χ4v) is 4.43. The molecule has 1 heterocycles. The molecule has 104 valence electrons. The fraction of sp³-hybridized carbons (Fsp3) is 0.143. The molecule has 3 rings (SSSR count). The number of hydrogen-bond acceptors (Lipinski definition) is 2. The second kappa shape index (κ2) is 4.65. The van der Waals surface area contributed by atoms with Gasteiger partial charge < -0.3 is 0 Å². The van der Waals surface area contributed by atoms with E-state index in [0.29, 0.717) is 16.3 Å². The molecule has 0 bridgehead atoms. The van der Waals surface area contributed by atoms with E-state index in [9.17, 15) is 8.42 Å². The first-order chi connectivity index (χ1) is 9.43. The van der Waals surface area contributed by atoms with Gasteiger partial charge in [0.1, 0.15) is 0 Å². The molecule has 0 saturated carbocycles. The SMILES string of the molecule is CN1c2ccccc2C(Cl)c2cc(Cl)ccc2S1(=O)=O. The molecule has 20 heavy (non-hydrogen) atoms. The van der Waals surface area contributed by atoms with Crippen LogP contribution in [0.2, 0.25) is 5.02 Å². The number of anilines is 1. The van der Waals surface area contributed by atoms with Gasteiger partial charge in [-0.3, -0.25) is 4.31 Å². The van der Waals surface area contributed by atoms with Crippen LogP contribution in [0, 0.1) is 0 Å². The summed E-state index contributed by atoms with van der Waals surface area (Å²) in [5, 5.41) is -0.0914. The minimum atomic E-state index is -3.63. The lowest BCUT2D eigenvalue weighted by Gasteiger charge is -2.19. The molecule has 1 aliphatic rings. The van der Waals surface area contributed by atoms with Crippen LogP contribution < -0.4 is 4.31 Å². The first-order valence-corrected chi connectivity index (χ1v) is 8.20. The maximum absolute atomic E-state index is 12.7. The number of hydrogen-bond donors (Lipinski definition) is 0. The number of fused-ring (bicyclic) bond motifs is 2. The maximum atomic E-state index is 12.7. The molecule has 2 aromatic carbocycles. The summed E-state index contributed by atoms with van der Waals surface area (Å²) >= 11 is 12.5. The molecule has 0 aromatic heterocycles. The summed E-state index contributed by atoms with van der Waals surface area (Å²) in [6.45, 7) is 0. The van der Waals surface area contributed by atoms with Crippen molar-refractivity contribution in [2.45, 2.75) is 10.3 Å². The van der Waals surface area contributed by atoms with Gasteiger partial charge in [0.2, 0.25) is 0 Å². The van der Waals surface area contributed by atoms with Gasteiger partial charge >= 0.3 is 0 Å². The third kappa shape index (κ3) is 1.91. The summed E-state index contributed by atoms with van der Waals surface area (Å²) in [4.78, 5) is 0.195. The van der Waals surface area contributed by atoms with Gasteiger partial charge in [-0.05, 0) is 35.4 Å². The van der Waals surface area contributed by atoms with E-state index < -0.39 is 15.4 Å². The van der Waals surface area contributed by atoms with Crippen molar-refractivity contribution in [3.63, 3.8) is 0 Å². The highest BCUT2D eigenvalue weighted by Gasteiger charge is 2.33. The highest BCUT2D eigenvalue weighted by atomic mass is 35.5. The van der Waals surface area contributed by atoms with Crippen LogP contribution in [0.1, 0.15) is 16.5 Å². The molecule has 0 N–H and O–H groups in total. The molecule has 1 aliphatic heterocycles. The number of para-hydroxylation sites is 1. The second-order valence-electron chi connectivity index (χ2n) is 4.58. The van der Waals surface area contributed by atoms with Gasteiger partial charge in [0.05, 0.1) is 16.0 Å². The minimum absolute atomic E-state index is 0.195. The van der Waals surface area contributed by atoms with Crippen molar-refractivity contribution >= 4 is 38.9 Å². The first kappa shape index (κ1) is 13.7. The predicted molar refractivity (Wildman–Crippen MR) is 81.2 cm³/mol. The maximum Gasteiger partial charge on any atom is 0.264 e. The van der Waals surface area contributed by atoms with Crippen molar-refractivity contribution < 1.29 is 8.42 Å². The number of alkyl halides is 1. The van der Waals surface area contributed by atoms with Crippen LogP contribution in [0.25, 0.3) is 0 Å². The van der Waals surface area contributed by atoms with E-state index in [1.807, 2.05) is 12.1 Å². The molecule has 1 unspecified atom stereocenters. The topological polar surface area (TPSA) is 37.4 Å². The largest absolute Gasteiger partial charge is 0.269 e. The van der Waals surface area contributed by atoms with Crippen molar-refractivity contribution in [2.24, 2.45) is 0 Å². The van der Waals surface area contributed by atoms with E-state index in [1.165, 1.54) is 17.4 Å². The van der Waals surface area contributed by atoms with Crippen molar-refractivity contribution in [3.05, 3.63) is 58.6 Å². The number of nitrogens with zero attached hydrogens (tertiary/aromatic N) is 1. The van der Waals surface area contributed by atoms with Crippen LogP contribution in [0.3, 0.4) is 0 Å². The van der Waals surface area contributed by atoms with E-state index in [-0.39, 0.29) is 4.90 Å². The van der Waals surface area contributed by atoms with Crippen LogP contribution in [0.15, 0.2) is 47.4 Å². The van der Waals surface area contributed by atoms with Crippen molar-refractivity contribution in [3.8, 4) is 0 Å². The average molecular weight is 328 g/mol. The van der Waals surface area contributed by atoms with Gasteiger partial charge in [0.25, 0.3) is 10.0 Å². The molecular weight excluding hydrogens is 317 g/mol. The van der Waals surface area contributed by atoms with Gasteiger partial charge in [0.15, 0.2) is 0 Å². The van der Waals surface area contributed by atoms with Gasteiger partial charge in [-0.25, -0.2) is 8.42 Å². The van der Waals surface area contributed by atoms with Gasteiger partial charge in [-0.2, -0.15) is 0 Å². The average Bonchev–Trinajstić information content (AvgIpc) is 2.49. The Morgan fingerprint density at radius 1 is 1.10 bits per heavy atom. The van der Waals surface area contributed by atoms with E-state index in [0.717, 1.165) is 5.56 Å². The Labute approximate surface area is 127 Å². The van der Waals surface area contributed by atoms with Crippen LogP contribution in [0.4, 0.5) is 5.69 Å². The van der Waals surface area contributed by atoms with Crippen molar-refractivity contribution in [1.29, 1.82) is 0 Å². The summed E-state index contributed by atoms with van der Waals surface area (Å²) < 4.78 is 26.6. The molecule has 0 spiro atoms. The lowest BCUT2D eigenvalue weighted by atomic mass is 10.0. The molecular formula is C14H11Cl2NO2S. The number of halogens is 2. The molecule has 0 aliphatic carbocycles. The summed E-state index contributed by atoms with van der Waals surface area (Å²) in [5.41, 5.74) is 1.84. The second-order valence-corrected chi connectivity index (χ2v) is 7.39. The molecule has 3 nitrogen and oxygen atoms in total. The van der Waals surface area contributed by atoms with Crippen LogP contribution in [-0.4, -0.2) is 15.5 Å². The molecule has 1 atom stereocenters. The van der Waals surface area contributed by atoms with E-state index in [1.54, 1.807) is 24.3 Å². The molecule has 0 radical (unpaired) electrons. The lowest BCUT2D eigenvalue weighted by molar-refractivity contribution is 0.594. The molecule has 0 amide bonds. The monoisotopic (exact) mass is 327 g/mol. The number of rotatable bonds is 0. The van der Waals surface area contributed by atoms with Crippen molar-refractivity contribution in [1.82, 2.24) is 0 Å². The Hall–Kier alpha value is -1.23. The summed E-state index contributed by atoms with van der Waals surface area (Å²) in [7, 11) is -2.10. The van der Waals surface area contributed by atoms with Crippen LogP contribution in [-0.2, 0) is 10.0 Å². The zero-order chi connectivity index (χ0) is 14.5. The van der Waals surface area contributed by atoms with Gasteiger partial charge in [0, 0.05) is 12.1 Å². The predicted octanol–water partition coefficient (Wildman–Crippen LogP) is 3.81. The van der Waals surface area contributed by atoms with Gasteiger partial charge in [-0.1, -0.05) is 29.8 Å². The Bertz CT molecular complexity index is 790. The minimum Gasteiger partial charge on any atom is -0.269 e. The fourth-order valence-electron chi connectivity index (χ4n) is 2.39. The normalized spacial score (nSPS) is 19.9. The molecule has 2 aromatic rings. The zero-order valence-electron chi connectivity index (χ0n) is 10.5. The Morgan fingerprint density at radius 2 is 1.80 bits per heavy atom. The van der Waals surface area contributed by atoms with Crippen LogP contribution >= 0.6 is 23.2 Å². The standard InChI is InChI=1S/C14H11Cl2NO2S/c1-17-12-5-3-2-4-10(12)14(16)11-8-9(15)6-7-13(11)20(17,18)19/h2-8,14H,1H3. The highest BCUT2D eigenvalue weighted by molar-refractivity contribution is 7.92. The van der Waals surface area contributed by atoms with E-state index in [2.05, 4.69) is 0 Å². The third-order valence-corrected chi connectivity index (χ3v) is 5.98. The molecule has 0 fully saturated rings. The highest BCUT2D eigenvalue weighted by Crippen LogP contribution is 2.43. The number of benzene rings is 2. The molecule has 0 saturated heterocycles. The summed E-state index contributed by atoms with van der Waals surface area (Å²) in [5.74, 6) is 0. The molecule has 6 heteroatoms. The van der Waals surface area contributed by atoms with Crippen molar-refractivity contribution in [2.75, 3.05) is 11.4 Å². The lowest BCUT2D eigenvalue weighted by Crippen LogP contribution is -2.26. The zero-order valence-corrected chi connectivity index (χ0v) is 12.9. The quantitative estimate of drug-likeness (QED) is 0.690. The van der Waals surface area contributed by atoms with Crippen LogP contribution in [0.5, 0.6) is 0 Å². The Balaban J connectivity index is 2.41. The summed E-state index contributed by atoms with van der Waals surface area (Å²) in [6, 6.07) is 11.9. The Morgan fingerprint density at radius 3 is 2.55 bits per heavy atom. The third-order valence-electron chi connectivity index (χ3n) is 3.43. The van der Waals surface area contributed by atoms with E-state index in [4.69, 9.17) is 23.2 Å². The summed E-state index contributed by atoms with van der Waals surface area (Å²) in [6.07, 6.45) is 0. The number of sulfonamides is 1. The Kier molecular flexibility index (Phi) is 3.20.